The van der Waals surface area contributed by atoms with Gasteiger partial charge in [0.15, 0.2) is 0 Å². The lowest BCUT2D eigenvalue weighted by molar-refractivity contribution is -0.140. The van der Waals surface area contributed by atoms with Gasteiger partial charge in [-0.05, 0) is 61.4 Å². The molecule has 0 radical (unpaired) electrons. The number of anilines is 1. The van der Waals surface area contributed by atoms with Crippen molar-refractivity contribution in [1.82, 2.24) is 10.2 Å². The predicted octanol–water partition coefficient (Wildman–Crippen LogP) is 6.93. The summed E-state index contributed by atoms with van der Waals surface area (Å²) < 4.78 is 29.2. The van der Waals surface area contributed by atoms with Crippen molar-refractivity contribution in [3.63, 3.8) is 0 Å². The summed E-state index contributed by atoms with van der Waals surface area (Å²) in [6, 6.07) is 25.9. The van der Waals surface area contributed by atoms with Gasteiger partial charge in [0.05, 0.1) is 10.6 Å². The number of carbonyl (C=O) groups is 2. The maximum Gasteiger partial charge on any atom is 0.264 e. The van der Waals surface area contributed by atoms with Gasteiger partial charge in [0, 0.05) is 34.6 Å². The van der Waals surface area contributed by atoms with Gasteiger partial charge in [-0.3, -0.25) is 13.9 Å². The van der Waals surface area contributed by atoms with Crippen molar-refractivity contribution in [2.45, 2.75) is 37.8 Å². The van der Waals surface area contributed by atoms with Crippen LogP contribution in [0.1, 0.15) is 23.6 Å². The third-order valence-corrected chi connectivity index (χ3v) is 9.54. The van der Waals surface area contributed by atoms with Crippen LogP contribution < -0.4 is 9.62 Å². The predicted molar refractivity (Wildman–Crippen MR) is 177 cm³/mol. The molecular formula is C33H32Cl3N3O4S. The van der Waals surface area contributed by atoms with Crippen LogP contribution in [0.2, 0.25) is 15.1 Å². The lowest BCUT2D eigenvalue weighted by Crippen LogP contribution is -2.53. The minimum atomic E-state index is -4.29. The molecule has 1 unspecified atom stereocenters. The highest BCUT2D eigenvalue weighted by Gasteiger charge is 2.35. The number of nitrogens with one attached hydrogen (secondary N) is 1. The van der Waals surface area contributed by atoms with Gasteiger partial charge in [0.25, 0.3) is 10.0 Å². The first-order valence-corrected chi connectivity index (χ1v) is 16.5. The molecule has 0 heterocycles. The first-order valence-electron chi connectivity index (χ1n) is 13.9. The van der Waals surface area contributed by atoms with E-state index in [0.717, 1.165) is 15.4 Å². The molecule has 1 N–H and O–H groups in total. The molecule has 0 aliphatic rings. The van der Waals surface area contributed by atoms with E-state index in [4.69, 9.17) is 34.8 Å². The molecule has 0 saturated carbocycles. The van der Waals surface area contributed by atoms with Gasteiger partial charge in [-0.25, -0.2) is 8.42 Å². The third kappa shape index (κ3) is 8.33. The SMILES string of the molecule is CCNC(=O)C(Cc1ccccc1)N(Cc1ccccc1Cl)C(=O)CN(c1cc(Cl)cc(Cl)c1)S(=O)(=O)c1ccc(C)cc1. The van der Waals surface area contributed by atoms with Crippen LogP contribution in [0.3, 0.4) is 0 Å². The number of nitrogens with zero attached hydrogens (tertiary/aromatic N) is 2. The second-order valence-corrected chi connectivity index (χ2v) is 13.3. The molecule has 0 spiro atoms. The highest BCUT2D eigenvalue weighted by Crippen LogP contribution is 2.31. The molecule has 0 aromatic heterocycles. The summed E-state index contributed by atoms with van der Waals surface area (Å²) in [6.45, 7) is 3.29. The Balaban J connectivity index is 1.83. The van der Waals surface area contributed by atoms with Crippen LogP contribution in [0.5, 0.6) is 0 Å². The molecule has 4 aromatic rings. The van der Waals surface area contributed by atoms with Gasteiger partial charge >= 0.3 is 0 Å². The summed E-state index contributed by atoms with van der Waals surface area (Å²) in [5, 5.41) is 3.63. The summed E-state index contributed by atoms with van der Waals surface area (Å²) >= 11 is 19.1. The average molecular weight is 673 g/mol. The van der Waals surface area contributed by atoms with E-state index in [2.05, 4.69) is 5.32 Å². The molecule has 7 nitrogen and oxygen atoms in total. The van der Waals surface area contributed by atoms with Crippen molar-refractivity contribution in [3.8, 4) is 0 Å². The summed E-state index contributed by atoms with van der Waals surface area (Å²) in [4.78, 5) is 29.3. The van der Waals surface area contributed by atoms with E-state index in [-0.39, 0.29) is 39.5 Å². The Bertz CT molecular complexity index is 1700. The topological polar surface area (TPSA) is 86.8 Å². The van der Waals surface area contributed by atoms with Gasteiger partial charge < -0.3 is 10.2 Å². The minimum absolute atomic E-state index is 0.0192. The molecule has 4 rings (SSSR count). The first kappa shape index (κ1) is 33.3. The highest BCUT2D eigenvalue weighted by molar-refractivity contribution is 7.92. The second-order valence-electron chi connectivity index (χ2n) is 10.2. The Hall–Kier alpha value is -3.56. The van der Waals surface area contributed by atoms with Crippen molar-refractivity contribution < 1.29 is 18.0 Å². The summed E-state index contributed by atoms with van der Waals surface area (Å²) in [7, 11) is -4.29. The fourth-order valence-electron chi connectivity index (χ4n) is 4.71. The van der Waals surface area contributed by atoms with E-state index in [1.165, 1.54) is 35.2 Å². The maximum absolute atomic E-state index is 14.4. The monoisotopic (exact) mass is 671 g/mol. The van der Waals surface area contributed by atoms with E-state index in [1.54, 1.807) is 43.3 Å². The lowest BCUT2D eigenvalue weighted by Gasteiger charge is -2.34. The Labute approximate surface area is 273 Å². The molecule has 0 fully saturated rings. The molecule has 0 bridgehead atoms. The Morgan fingerprint density at radius 2 is 1.45 bits per heavy atom. The van der Waals surface area contributed by atoms with Crippen LogP contribution in [0.15, 0.2) is 102 Å². The quantitative estimate of drug-likeness (QED) is 0.177. The summed E-state index contributed by atoms with van der Waals surface area (Å²) in [5.74, 6) is -1.00. The number of hydrogen-bond donors (Lipinski definition) is 1. The molecule has 4 aromatic carbocycles. The van der Waals surface area contributed by atoms with Crippen LogP contribution in [0.25, 0.3) is 0 Å². The van der Waals surface area contributed by atoms with Crippen LogP contribution in [-0.2, 0) is 32.6 Å². The minimum Gasteiger partial charge on any atom is -0.355 e. The molecule has 44 heavy (non-hydrogen) atoms. The van der Waals surface area contributed by atoms with Crippen molar-refractivity contribution in [3.05, 3.63) is 129 Å². The molecule has 2 amide bonds. The van der Waals surface area contributed by atoms with Crippen LogP contribution >= 0.6 is 34.8 Å². The Morgan fingerprint density at radius 1 is 0.841 bits per heavy atom. The molecule has 11 heteroatoms. The highest BCUT2D eigenvalue weighted by atomic mass is 35.5. The van der Waals surface area contributed by atoms with Crippen molar-refractivity contribution >= 4 is 62.3 Å². The normalized spacial score (nSPS) is 11.9. The fraction of sp³-hybridized carbons (Fsp3) is 0.212. The zero-order chi connectivity index (χ0) is 31.9. The molecule has 0 saturated heterocycles. The average Bonchev–Trinajstić information content (AvgIpc) is 2.98. The fourth-order valence-corrected chi connectivity index (χ4v) is 6.81. The van der Waals surface area contributed by atoms with Crippen LogP contribution in [-0.4, -0.2) is 44.3 Å². The molecule has 0 aliphatic heterocycles. The number of aryl methyl sites for hydroxylation is 1. The number of sulfonamides is 1. The number of hydrogen-bond acceptors (Lipinski definition) is 4. The van der Waals surface area contributed by atoms with E-state index in [0.29, 0.717) is 17.1 Å². The molecule has 230 valence electrons. The number of benzene rings is 4. The van der Waals surface area contributed by atoms with Crippen LogP contribution in [0, 0.1) is 6.92 Å². The first-order chi connectivity index (χ1) is 21.0. The number of amides is 2. The molecule has 0 aliphatic carbocycles. The number of halogens is 3. The van der Waals surface area contributed by atoms with Gasteiger partial charge in [0.2, 0.25) is 11.8 Å². The summed E-state index contributed by atoms with van der Waals surface area (Å²) in [5.41, 5.74) is 2.40. The molecular weight excluding hydrogens is 641 g/mol. The van der Waals surface area contributed by atoms with Crippen LogP contribution in [0.4, 0.5) is 5.69 Å². The number of carbonyl (C=O) groups excluding carboxylic acids is 2. The Morgan fingerprint density at radius 3 is 2.07 bits per heavy atom. The second kappa shape index (κ2) is 14.9. The molecule has 1 atom stereocenters. The zero-order valence-electron chi connectivity index (χ0n) is 24.2. The summed E-state index contributed by atoms with van der Waals surface area (Å²) in [6.07, 6.45) is 0.191. The van der Waals surface area contributed by atoms with Gasteiger partial charge in [0.1, 0.15) is 12.6 Å². The van der Waals surface area contributed by atoms with Crippen molar-refractivity contribution in [1.29, 1.82) is 0 Å². The third-order valence-electron chi connectivity index (χ3n) is 6.94. The number of rotatable bonds is 12. The van der Waals surface area contributed by atoms with Gasteiger partial charge in [-0.1, -0.05) is 101 Å². The smallest absolute Gasteiger partial charge is 0.264 e. The van der Waals surface area contributed by atoms with Crippen molar-refractivity contribution in [2.75, 3.05) is 17.4 Å². The largest absolute Gasteiger partial charge is 0.355 e. The lowest BCUT2D eigenvalue weighted by atomic mass is 10.0. The van der Waals surface area contributed by atoms with Gasteiger partial charge in [-0.15, -0.1) is 0 Å². The zero-order valence-corrected chi connectivity index (χ0v) is 27.3. The van der Waals surface area contributed by atoms with E-state index >= 15 is 0 Å². The maximum atomic E-state index is 14.4. The van der Waals surface area contributed by atoms with E-state index < -0.39 is 28.5 Å². The van der Waals surface area contributed by atoms with E-state index in [9.17, 15) is 18.0 Å². The van der Waals surface area contributed by atoms with Gasteiger partial charge in [-0.2, -0.15) is 0 Å². The number of likely N-dealkylation sites (N-methyl/N-ethyl adjacent to an activating group) is 1. The van der Waals surface area contributed by atoms with E-state index in [1.807, 2.05) is 37.3 Å². The van der Waals surface area contributed by atoms with Crippen molar-refractivity contribution in [2.24, 2.45) is 0 Å². The Kier molecular flexibility index (Phi) is 11.3. The standard InChI is InChI=1S/C33H32Cl3N3O4S/c1-3-37-33(41)31(17-24-9-5-4-6-10-24)38(21-25-11-7-8-12-30(25)36)32(40)22-39(28-19-26(34)18-27(35)20-28)44(42,43)29-15-13-23(2)14-16-29/h4-16,18-20,31H,3,17,21-22H2,1-2H3,(H,37,41).